The monoisotopic (exact) mass is 181 g/mol. The second-order valence-corrected chi connectivity index (χ2v) is 3.86. The number of rotatable bonds is 4. The quantitative estimate of drug-likeness (QED) is 0.674. The molecule has 0 fully saturated rings. The molecular formula is C11H19NO. The Hall–Kier alpha value is -0.630. The molecule has 74 valence electrons. The Balaban J connectivity index is 2.28. The molecule has 0 amide bonds. The summed E-state index contributed by atoms with van der Waals surface area (Å²) in [4.78, 5) is 11.1. The third kappa shape index (κ3) is 3.31. The molecule has 2 atom stereocenters. The molecule has 2 nitrogen and oxygen atoms in total. The van der Waals surface area contributed by atoms with Crippen LogP contribution in [0.3, 0.4) is 0 Å². The molecule has 2 heteroatoms. The number of hydrogen-bond donors (Lipinski definition) is 1. The van der Waals surface area contributed by atoms with Crippen LogP contribution in [-0.4, -0.2) is 11.8 Å². The molecular weight excluding hydrogens is 162 g/mol. The molecule has 0 bridgehead atoms. The van der Waals surface area contributed by atoms with Crippen molar-refractivity contribution in [2.24, 2.45) is 11.7 Å². The zero-order valence-corrected chi connectivity index (χ0v) is 8.33. The van der Waals surface area contributed by atoms with Crippen LogP contribution in [-0.2, 0) is 4.79 Å². The van der Waals surface area contributed by atoms with Crippen LogP contribution in [0, 0.1) is 5.92 Å². The average Bonchev–Trinajstić information content (AvgIpc) is 2.12. The van der Waals surface area contributed by atoms with Gasteiger partial charge in [-0.3, -0.25) is 4.79 Å². The van der Waals surface area contributed by atoms with E-state index >= 15 is 0 Å². The van der Waals surface area contributed by atoms with E-state index in [0.717, 1.165) is 6.42 Å². The molecule has 1 aliphatic carbocycles. The summed E-state index contributed by atoms with van der Waals surface area (Å²) in [6.07, 6.45) is 9.51. The third-order valence-electron chi connectivity index (χ3n) is 2.63. The van der Waals surface area contributed by atoms with Gasteiger partial charge >= 0.3 is 0 Å². The Kier molecular flexibility index (Phi) is 4.16. The van der Waals surface area contributed by atoms with Crippen molar-refractivity contribution in [1.82, 2.24) is 0 Å². The number of allylic oxidation sites excluding steroid dienone is 1. The third-order valence-corrected chi connectivity index (χ3v) is 2.63. The second kappa shape index (κ2) is 5.18. The van der Waals surface area contributed by atoms with Crippen molar-refractivity contribution in [3.05, 3.63) is 12.2 Å². The Bertz CT molecular complexity index is 198. The molecule has 0 radical (unpaired) electrons. The first-order valence-corrected chi connectivity index (χ1v) is 5.21. The first-order valence-electron chi connectivity index (χ1n) is 5.21. The van der Waals surface area contributed by atoms with Gasteiger partial charge in [-0.2, -0.15) is 0 Å². The van der Waals surface area contributed by atoms with Crippen molar-refractivity contribution >= 4 is 5.78 Å². The lowest BCUT2D eigenvalue weighted by molar-refractivity contribution is -0.116. The van der Waals surface area contributed by atoms with E-state index < -0.39 is 0 Å². The summed E-state index contributed by atoms with van der Waals surface area (Å²) in [6.45, 7) is 2.20. The number of hydrogen-bond acceptors (Lipinski definition) is 2. The van der Waals surface area contributed by atoms with Crippen LogP contribution < -0.4 is 5.73 Å². The van der Waals surface area contributed by atoms with Crippen LogP contribution >= 0.6 is 0 Å². The minimum absolute atomic E-state index is 0.0896. The number of carbonyl (C=O) groups is 1. The smallest absolute Gasteiger partial charge is 0.172 e. The molecule has 0 spiro atoms. The van der Waals surface area contributed by atoms with Crippen molar-refractivity contribution in [3.63, 3.8) is 0 Å². The van der Waals surface area contributed by atoms with Gasteiger partial charge in [-0.25, -0.2) is 0 Å². The van der Waals surface area contributed by atoms with Crippen LogP contribution in [0.2, 0.25) is 0 Å². The summed E-state index contributed by atoms with van der Waals surface area (Å²) in [5.74, 6) is 0.631. The summed E-state index contributed by atoms with van der Waals surface area (Å²) >= 11 is 0. The molecule has 0 saturated carbocycles. The van der Waals surface area contributed by atoms with E-state index in [2.05, 4.69) is 6.92 Å². The Morgan fingerprint density at radius 2 is 2.31 bits per heavy atom. The van der Waals surface area contributed by atoms with Crippen LogP contribution in [0.15, 0.2) is 12.2 Å². The molecule has 0 saturated heterocycles. The lowest BCUT2D eigenvalue weighted by Gasteiger charge is -2.20. The van der Waals surface area contributed by atoms with E-state index in [1.54, 1.807) is 6.08 Å². The van der Waals surface area contributed by atoms with Crippen molar-refractivity contribution in [2.45, 2.75) is 45.1 Å². The Labute approximate surface area is 80.2 Å². The van der Waals surface area contributed by atoms with Gasteiger partial charge in [-0.05, 0) is 24.8 Å². The van der Waals surface area contributed by atoms with Gasteiger partial charge < -0.3 is 5.73 Å². The van der Waals surface area contributed by atoms with Crippen LogP contribution in [0.4, 0.5) is 0 Å². The fraction of sp³-hybridized carbons (Fsp3) is 0.727. The van der Waals surface area contributed by atoms with E-state index in [1.165, 1.54) is 25.7 Å². The van der Waals surface area contributed by atoms with Gasteiger partial charge in [0.05, 0.1) is 6.04 Å². The molecule has 1 rings (SSSR count). The maximum atomic E-state index is 11.1. The van der Waals surface area contributed by atoms with E-state index in [1.807, 2.05) is 6.08 Å². The number of ketones is 1. The molecule has 0 aromatic carbocycles. The summed E-state index contributed by atoms with van der Waals surface area (Å²) in [5, 5.41) is 0. The average molecular weight is 181 g/mol. The minimum atomic E-state index is -0.239. The van der Waals surface area contributed by atoms with E-state index in [9.17, 15) is 4.79 Å². The van der Waals surface area contributed by atoms with Gasteiger partial charge in [-0.1, -0.05) is 32.3 Å². The lowest BCUT2D eigenvalue weighted by Crippen LogP contribution is -2.33. The molecule has 13 heavy (non-hydrogen) atoms. The summed E-state index contributed by atoms with van der Waals surface area (Å²) < 4.78 is 0. The van der Waals surface area contributed by atoms with Gasteiger partial charge in [0.1, 0.15) is 0 Å². The van der Waals surface area contributed by atoms with E-state index in [0.29, 0.717) is 5.92 Å². The maximum Gasteiger partial charge on any atom is 0.172 e. The number of nitrogens with two attached hydrogens (primary N) is 1. The number of carbonyl (C=O) groups excluding carboxylic acids is 1. The van der Waals surface area contributed by atoms with Crippen LogP contribution in [0.1, 0.15) is 39.0 Å². The standard InChI is InChI=1S/C11H19NO/c1-2-3-4-5-9-6-7-11(13)10(12)8-9/h6-7,9-10H,2-5,8,12H2,1H3. The molecule has 2 unspecified atom stereocenters. The molecule has 0 aromatic rings. The molecule has 1 aliphatic rings. The van der Waals surface area contributed by atoms with Crippen molar-refractivity contribution in [3.8, 4) is 0 Å². The Morgan fingerprint density at radius 3 is 2.92 bits per heavy atom. The highest BCUT2D eigenvalue weighted by molar-refractivity contribution is 5.94. The molecule has 0 aromatic heterocycles. The van der Waals surface area contributed by atoms with Gasteiger partial charge in [0.15, 0.2) is 5.78 Å². The predicted molar refractivity (Wildman–Crippen MR) is 54.4 cm³/mol. The number of unbranched alkanes of at least 4 members (excludes halogenated alkanes) is 2. The SMILES string of the molecule is CCCCCC1C=CC(=O)C(N)C1. The second-order valence-electron chi connectivity index (χ2n) is 3.86. The minimum Gasteiger partial charge on any atom is -0.321 e. The summed E-state index contributed by atoms with van der Waals surface area (Å²) in [5.41, 5.74) is 5.67. The van der Waals surface area contributed by atoms with Gasteiger partial charge in [0.2, 0.25) is 0 Å². The van der Waals surface area contributed by atoms with Gasteiger partial charge in [-0.15, -0.1) is 0 Å². The zero-order chi connectivity index (χ0) is 9.68. The van der Waals surface area contributed by atoms with Gasteiger partial charge in [0, 0.05) is 0 Å². The van der Waals surface area contributed by atoms with Crippen molar-refractivity contribution < 1.29 is 4.79 Å². The fourth-order valence-electron chi connectivity index (χ4n) is 1.75. The first-order chi connectivity index (χ1) is 6.24. The predicted octanol–water partition coefficient (Wildman–Crippen LogP) is 2.04. The highest BCUT2D eigenvalue weighted by Gasteiger charge is 2.20. The maximum absolute atomic E-state index is 11.1. The normalized spacial score (nSPS) is 28.0. The molecule has 0 heterocycles. The highest BCUT2D eigenvalue weighted by Crippen LogP contribution is 2.20. The fourth-order valence-corrected chi connectivity index (χ4v) is 1.75. The summed E-state index contributed by atoms with van der Waals surface area (Å²) in [7, 11) is 0. The molecule has 0 aliphatic heterocycles. The van der Waals surface area contributed by atoms with E-state index in [4.69, 9.17) is 5.73 Å². The summed E-state index contributed by atoms with van der Waals surface area (Å²) in [6, 6.07) is -0.239. The lowest BCUT2D eigenvalue weighted by atomic mass is 9.88. The van der Waals surface area contributed by atoms with E-state index in [-0.39, 0.29) is 11.8 Å². The van der Waals surface area contributed by atoms with Crippen molar-refractivity contribution in [2.75, 3.05) is 0 Å². The van der Waals surface area contributed by atoms with Gasteiger partial charge in [0.25, 0.3) is 0 Å². The first kappa shape index (κ1) is 10.5. The largest absolute Gasteiger partial charge is 0.321 e. The highest BCUT2D eigenvalue weighted by atomic mass is 16.1. The van der Waals surface area contributed by atoms with Crippen LogP contribution in [0.25, 0.3) is 0 Å². The topological polar surface area (TPSA) is 43.1 Å². The van der Waals surface area contributed by atoms with Crippen LogP contribution in [0.5, 0.6) is 0 Å². The zero-order valence-electron chi connectivity index (χ0n) is 8.33. The van der Waals surface area contributed by atoms with Crippen molar-refractivity contribution in [1.29, 1.82) is 0 Å². The Morgan fingerprint density at radius 1 is 1.54 bits per heavy atom. The molecule has 2 N–H and O–H groups in total.